The van der Waals surface area contributed by atoms with E-state index in [0.29, 0.717) is 0 Å². The highest BCUT2D eigenvalue weighted by atomic mass is 32.2. The molecule has 0 spiro atoms. The van der Waals surface area contributed by atoms with Crippen LogP contribution in [0, 0.1) is 0 Å². The Morgan fingerprint density at radius 2 is 1.95 bits per heavy atom. The lowest BCUT2D eigenvalue weighted by Gasteiger charge is -2.17. The second-order valence-electron chi connectivity index (χ2n) is 4.00. The molecule has 0 radical (unpaired) electrons. The summed E-state index contributed by atoms with van der Waals surface area (Å²) in [6.45, 7) is 1.38. The van der Waals surface area contributed by atoms with E-state index in [9.17, 15) is 18.0 Å². The predicted molar refractivity (Wildman–Crippen MR) is 64.1 cm³/mol. The number of aromatic carboxylic acids is 1. The fourth-order valence-corrected chi connectivity index (χ4v) is 2.44. The molecule has 1 rings (SSSR count). The van der Waals surface area contributed by atoms with Crippen molar-refractivity contribution in [3.63, 3.8) is 0 Å². The molecular weight excluding hydrogens is 276 g/mol. The Hall–Kier alpha value is -1.87. The normalized spacial score (nSPS) is 13.0. The molecule has 0 saturated heterocycles. The first-order valence-corrected chi connectivity index (χ1v) is 6.70. The molecule has 9 heteroatoms. The summed E-state index contributed by atoms with van der Waals surface area (Å²) in [5, 5.41) is 8.08. The molecule has 0 aliphatic heterocycles. The van der Waals surface area contributed by atoms with Crippen molar-refractivity contribution >= 4 is 21.9 Å². The number of hydrogen-bond acceptors (Lipinski definition) is 5. The van der Waals surface area contributed by atoms with E-state index in [1.807, 2.05) is 0 Å². The van der Waals surface area contributed by atoms with Crippen LogP contribution in [0.25, 0.3) is 0 Å². The quantitative estimate of drug-likeness (QED) is 0.771. The van der Waals surface area contributed by atoms with Crippen LogP contribution in [0.15, 0.2) is 21.6 Å². The van der Waals surface area contributed by atoms with Crippen molar-refractivity contribution in [2.75, 3.05) is 14.1 Å². The molecule has 8 nitrogen and oxygen atoms in total. The molecule has 0 saturated carbocycles. The van der Waals surface area contributed by atoms with Gasteiger partial charge < -0.3 is 14.4 Å². The molecule has 19 heavy (non-hydrogen) atoms. The van der Waals surface area contributed by atoms with Gasteiger partial charge in [-0.3, -0.25) is 4.79 Å². The van der Waals surface area contributed by atoms with Crippen LogP contribution in [0.1, 0.15) is 17.5 Å². The Kier molecular flexibility index (Phi) is 4.32. The van der Waals surface area contributed by atoms with Crippen LogP contribution in [-0.4, -0.2) is 50.4 Å². The average Bonchev–Trinajstić information content (AvgIpc) is 2.77. The van der Waals surface area contributed by atoms with E-state index >= 15 is 0 Å². The van der Waals surface area contributed by atoms with E-state index in [4.69, 9.17) is 5.11 Å². The van der Waals surface area contributed by atoms with E-state index in [2.05, 4.69) is 9.14 Å². The Balaban J connectivity index is 2.92. The van der Waals surface area contributed by atoms with Crippen LogP contribution in [-0.2, 0) is 14.8 Å². The van der Waals surface area contributed by atoms with Gasteiger partial charge in [-0.25, -0.2) is 13.2 Å². The summed E-state index contributed by atoms with van der Waals surface area (Å²) in [4.78, 5) is 23.4. The summed E-state index contributed by atoms with van der Waals surface area (Å²) < 4.78 is 30.5. The van der Waals surface area contributed by atoms with Crippen LogP contribution in [0.4, 0.5) is 0 Å². The number of carboxylic acid groups (broad SMARTS) is 1. The third-order valence-corrected chi connectivity index (χ3v) is 3.61. The molecule has 1 unspecified atom stereocenters. The number of carbonyl (C=O) groups excluding carboxylic acids is 1. The summed E-state index contributed by atoms with van der Waals surface area (Å²) >= 11 is 0. The maximum absolute atomic E-state index is 11.8. The minimum absolute atomic E-state index is 0.436. The van der Waals surface area contributed by atoms with Gasteiger partial charge in [0.15, 0.2) is 0 Å². The van der Waals surface area contributed by atoms with Gasteiger partial charge >= 0.3 is 5.97 Å². The standard InChI is InChI=1S/C10H14N2O6S/c1-6(9(13)12(2)3)11-19(16,17)8-5-4-7(18-8)10(14)15/h4-6,11H,1-3H3,(H,14,15). The molecule has 2 N–H and O–H groups in total. The summed E-state index contributed by atoms with van der Waals surface area (Å²) in [6.07, 6.45) is 0. The minimum atomic E-state index is -4.08. The van der Waals surface area contributed by atoms with Gasteiger partial charge in [-0.2, -0.15) is 4.72 Å². The monoisotopic (exact) mass is 290 g/mol. The molecular formula is C10H14N2O6S. The molecule has 0 fully saturated rings. The van der Waals surface area contributed by atoms with Crippen LogP contribution in [0.2, 0.25) is 0 Å². The summed E-state index contributed by atoms with van der Waals surface area (Å²) in [5.41, 5.74) is 0. The van der Waals surface area contributed by atoms with Gasteiger partial charge in [0.25, 0.3) is 10.0 Å². The average molecular weight is 290 g/mol. The lowest BCUT2D eigenvalue weighted by atomic mass is 10.3. The van der Waals surface area contributed by atoms with Crippen LogP contribution in [0.5, 0.6) is 0 Å². The van der Waals surface area contributed by atoms with Crippen LogP contribution < -0.4 is 4.72 Å². The zero-order valence-corrected chi connectivity index (χ0v) is 11.4. The molecule has 0 aliphatic carbocycles. The number of nitrogens with one attached hydrogen (secondary N) is 1. The first-order valence-electron chi connectivity index (χ1n) is 5.22. The number of hydrogen-bond donors (Lipinski definition) is 2. The molecule has 1 aromatic rings. The first-order chi connectivity index (χ1) is 8.65. The second kappa shape index (κ2) is 5.41. The Labute approximate surface area is 110 Å². The SMILES string of the molecule is CC(NS(=O)(=O)c1ccc(C(=O)O)o1)C(=O)N(C)C. The van der Waals surface area contributed by atoms with Crippen molar-refractivity contribution in [3.05, 3.63) is 17.9 Å². The van der Waals surface area contributed by atoms with Crippen molar-refractivity contribution in [1.29, 1.82) is 0 Å². The minimum Gasteiger partial charge on any atom is -0.475 e. The molecule has 1 atom stereocenters. The maximum atomic E-state index is 11.8. The van der Waals surface area contributed by atoms with E-state index in [1.54, 1.807) is 0 Å². The summed E-state index contributed by atoms with van der Waals surface area (Å²) in [5.74, 6) is -2.31. The van der Waals surface area contributed by atoms with Crippen LogP contribution in [0.3, 0.4) is 0 Å². The van der Waals surface area contributed by atoms with E-state index in [1.165, 1.54) is 25.9 Å². The van der Waals surface area contributed by atoms with Gasteiger partial charge in [0.2, 0.25) is 16.8 Å². The predicted octanol–water partition coefficient (Wildman–Crippen LogP) is -0.267. The molecule has 1 heterocycles. The van der Waals surface area contributed by atoms with Gasteiger partial charge in [0.1, 0.15) is 0 Å². The van der Waals surface area contributed by atoms with Crippen molar-refractivity contribution in [1.82, 2.24) is 9.62 Å². The zero-order valence-electron chi connectivity index (χ0n) is 10.6. The molecule has 0 bridgehead atoms. The lowest BCUT2D eigenvalue weighted by Crippen LogP contribution is -2.44. The van der Waals surface area contributed by atoms with Crippen LogP contribution >= 0.6 is 0 Å². The van der Waals surface area contributed by atoms with E-state index < -0.39 is 38.8 Å². The number of rotatable bonds is 5. The summed E-state index contributed by atoms with van der Waals surface area (Å²) in [7, 11) is -1.10. The highest BCUT2D eigenvalue weighted by molar-refractivity contribution is 7.89. The van der Waals surface area contributed by atoms with Crippen molar-refractivity contribution < 1.29 is 27.5 Å². The van der Waals surface area contributed by atoms with Crippen molar-refractivity contribution in [2.45, 2.75) is 18.1 Å². The fourth-order valence-electron chi connectivity index (χ4n) is 1.31. The molecule has 106 valence electrons. The maximum Gasteiger partial charge on any atom is 0.371 e. The number of carboxylic acids is 1. The van der Waals surface area contributed by atoms with Gasteiger partial charge in [0, 0.05) is 14.1 Å². The Morgan fingerprint density at radius 1 is 1.37 bits per heavy atom. The Morgan fingerprint density at radius 3 is 2.37 bits per heavy atom. The summed E-state index contributed by atoms with van der Waals surface area (Å²) in [6, 6.07) is 1.05. The number of carbonyl (C=O) groups is 2. The molecule has 1 aromatic heterocycles. The van der Waals surface area contributed by atoms with Gasteiger partial charge in [-0.05, 0) is 19.1 Å². The van der Waals surface area contributed by atoms with Crippen molar-refractivity contribution in [2.24, 2.45) is 0 Å². The van der Waals surface area contributed by atoms with Gasteiger partial charge in [-0.15, -0.1) is 0 Å². The number of nitrogens with zero attached hydrogens (tertiary/aromatic N) is 1. The van der Waals surface area contributed by atoms with Gasteiger partial charge in [0.05, 0.1) is 6.04 Å². The van der Waals surface area contributed by atoms with E-state index in [0.717, 1.165) is 12.1 Å². The van der Waals surface area contributed by atoms with Crippen molar-refractivity contribution in [3.8, 4) is 0 Å². The Bertz CT molecular complexity index is 589. The third kappa shape index (κ3) is 3.55. The smallest absolute Gasteiger partial charge is 0.371 e. The number of likely N-dealkylation sites (N-methyl/N-ethyl adjacent to an activating group) is 1. The molecule has 0 aromatic carbocycles. The highest BCUT2D eigenvalue weighted by Gasteiger charge is 2.26. The molecule has 0 aliphatic rings. The van der Waals surface area contributed by atoms with Gasteiger partial charge in [-0.1, -0.05) is 0 Å². The fraction of sp³-hybridized carbons (Fsp3) is 0.400. The lowest BCUT2D eigenvalue weighted by molar-refractivity contribution is -0.130. The topological polar surface area (TPSA) is 117 Å². The number of furan rings is 1. The number of amides is 1. The zero-order chi connectivity index (χ0) is 14.8. The van der Waals surface area contributed by atoms with E-state index in [-0.39, 0.29) is 0 Å². The molecule has 1 amide bonds. The first kappa shape index (κ1) is 15.2. The number of sulfonamides is 1. The third-order valence-electron chi connectivity index (χ3n) is 2.20. The largest absolute Gasteiger partial charge is 0.475 e. The highest BCUT2D eigenvalue weighted by Crippen LogP contribution is 2.14. The second-order valence-corrected chi connectivity index (χ2v) is 5.64.